The molecule has 0 unspecified atom stereocenters. The third kappa shape index (κ3) is 3.75. The van der Waals surface area contributed by atoms with Crippen molar-refractivity contribution in [1.29, 1.82) is 0 Å². The molecule has 24 heavy (non-hydrogen) atoms. The molecule has 0 heterocycles. The van der Waals surface area contributed by atoms with Gasteiger partial charge in [0.1, 0.15) is 0 Å². The van der Waals surface area contributed by atoms with Gasteiger partial charge in [0.25, 0.3) is 0 Å². The van der Waals surface area contributed by atoms with E-state index < -0.39 is 5.97 Å². The Labute approximate surface area is 139 Å². The average Bonchev–Trinajstić information content (AvgIpc) is 2.61. The van der Waals surface area contributed by atoms with Crippen molar-refractivity contribution in [3.05, 3.63) is 47.5 Å². The Morgan fingerprint density at radius 2 is 1.83 bits per heavy atom. The molecule has 0 radical (unpaired) electrons. The summed E-state index contributed by atoms with van der Waals surface area (Å²) < 4.78 is 15.9. The van der Waals surface area contributed by atoms with Gasteiger partial charge in [-0.3, -0.25) is 5.43 Å². The van der Waals surface area contributed by atoms with Crippen LogP contribution in [0.1, 0.15) is 15.9 Å². The first kappa shape index (κ1) is 17.1. The van der Waals surface area contributed by atoms with E-state index in [0.717, 1.165) is 0 Å². The van der Waals surface area contributed by atoms with Crippen LogP contribution < -0.4 is 19.6 Å². The van der Waals surface area contributed by atoms with Gasteiger partial charge in [0.05, 0.1) is 38.8 Å². The van der Waals surface area contributed by atoms with E-state index in [-0.39, 0.29) is 5.56 Å². The minimum atomic E-state index is -0.996. The molecule has 2 rings (SSSR count). The largest absolute Gasteiger partial charge is 0.493 e. The Hall–Kier alpha value is -3.22. The first-order chi connectivity index (χ1) is 11.6. The highest BCUT2D eigenvalue weighted by atomic mass is 16.5. The van der Waals surface area contributed by atoms with Gasteiger partial charge in [-0.2, -0.15) is 5.10 Å². The number of rotatable bonds is 7. The minimum Gasteiger partial charge on any atom is -0.493 e. The Bertz CT molecular complexity index is 759. The second-order valence-corrected chi connectivity index (χ2v) is 4.68. The fourth-order valence-electron chi connectivity index (χ4n) is 2.12. The van der Waals surface area contributed by atoms with Crippen molar-refractivity contribution >= 4 is 17.9 Å². The highest BCUT2D eigenvalue weighted by Gasteiger charge is 2.14. The van der Waals surface area contributed by atoms with Crippen molar-refractivity contribution in [1.82, 2.24) is 0 Å². The van der Waals surface area contributed by atoms with Crippen molar-refractivity contribution in [2.45, 2.75) is 0 Å². The number of anilines is 1. The third-order valence-corrected chi connectivity index (χ3v) is 3.24. The molecular formula is C17H18N2O5. The number of carbonyl (C=O) groups is 1. The lowest BCUT2D eigenvalue weighted by atomic mass is 10.2. The molecule has 0 saturated carbocycles. The molecule has 2 aromatic carbocycles. The molecule has 2 aromatic rings. The Morgan fingerprint density at radius 1 is 1.08 bits per heavy atom. The fraction of sp³-hybridized carbons (Fsp3) is 0.176. The topological polar surface area (TPSA) is 89.4 Å². The number of carboxylic acids is 1. The molecule has 0 fully saturated rings. The molecule has 0 saturated heterocycles. The van der Waals surface area contributed by atoms with E-state index in [1.807, 2.05) is 0 Å². The quantitative estimate of drug-likeness (QED) is 0.599. The van der Waals surface area contributed by atoms with Crippen LogP contribution in [0.15, 0.2) is 41.5 Å². The van der Waals surface area contributed by atoms with E-state index in [4.69, 9.17) is 19.3 Å². The normalized spacial score (nSPS) is 10.5. The van der Waals surface area contributed by atoms with E-state index >= 15 is 0 Å². The summed E-state index contributed by atoms with van der Waals surface area (Å²) in [5.74, 6) is 0.510. The van der Waals surface area contributed by atoms with Crippen LogP contribution in [0.3, 0.4) is 0 Å². The average molecular weight is 330 g/mol. The van der Waals surface area contributed by atoms with Crippen LogP contribution in [0.25, 0.3) is 0 Å². The van der Waals surface area contributed by atoms with Gasteiger partial charge in [-0.05, 0) is 30.3 Å². The predicted octanol–water partition coefficient (Wildman–Crippen LogP) is 2.86. The summed E-state index contributed by atoms with van der Waals surface area (Å²) in [5.41, 5.74) is 4.20. The van der Waals surface area contributed by atoms with Crippen LogP contribution in [0, 0.1) is 0 Å². The lowest BCUT2D eigenvalue weighted by Gasteiger charge is -2.13. The number of hydrogen-bond donors (Lipinski definition) is 2. The van der Waals surface area contributed by atoms with Crippen LogP contribution in [-0.4, -0.2) is 38.6 Å². The number of ether oxygens (including phenoxy) is 3. The lowest BCUT2D eigenvalue weighted by molar-refractivity contribution is 0.0697. The van der Waals surface area contributed by atoms with E-state index in [1.165, 1.54) is 26.4 Å². The molecule has 2 N–H and O–H groups in total. The molecule has 7 nitrogen and oxygen atoms in total. The summed E-state index contributed by atoms with van der Waals surface area (Å²) in [6.45, 7) is 0. The number of nitrogens with zero attached hydrogens (tertiary/aromatic N) is 1. The first-order valence-corrected chi connectivity index (χ1v) is 7.02. The number of benzene rings is 2. The molecule has 0 aliphatic rings. The lowest BCUT2D eigenvalue weighted by Crippen LogP contribution is -2.00. The van der Waals surface area contributed by atoms with Gasteiger partial charge in [0.15, 0.2) is 11.5 Å². The third-order valence-electron chi connectivity index (χ3n) is 3.24. The van der Waals surface area contributed by atoms with Crippen molar-refractivity contribution in [3.8, 4) is 17.2 Å². The molecule has 126 valence electrons. The van der Waals surface area contributed by atoms with E-state index in [0.29, 0.717) is 28.5 Å². The van der Waals surface area contributed by atoms with Crippen molar-refractivity contribution in [2.24, 2.45) is 5.10 Å². The van der Waals surface area contributed by atoms with Gasteiger partial charge in [0.2, 0.25) is 5.75 Å². The Kier molecular flexibility index (Phi) is 5.62. The fourth-order valence-corrected chi connectivity index (χ4v) is 2.12. The van der Waals surface area contributed by atoms with Crippen LogP contribution >= 0.6 is 0 Å². The van der Waals surface area contributed by atoms with Gasteiger partial charge >= 0.3 is 5.97 Å². The number of carboxylic acid groups (broad SMARTS) is 1. The first-order valence-electron chi connectivity index (χ1n) is 7.02. The standard InChI is InChI=1S/C17H18N2O5/c1-22-14-8-7-12(15(23-2)16(14)24-3)10-18-19-13-6-4-5-11(9-13)17(20)21/h4-10,19H,1-3H3,(H,20,21)/b18-10+. The zero-order valence-corrected chi connectivity index (χ0v) is 13.6. The zero-order chi connectivity index (χ0) is 17.5. The van der Waals surface area contributed by atoms with Gasteiger partial charge in [-0.1, -0.05) is 6.07 Å². The SMILES string of the molecule is COc1ccc(/C=N/Nc2cccc(C(=O)O)c2)c(OC)c1OC. The number of methoxy groups -OCH3 is 3. The van der Waals surface area contributed by atoms with Crippen molar-refractivity contribution < 1.29 is 24.1 Å². The molecule has 0 aromatic heterocycles. The van der Waals surface area contributed by atoms with Gasteiger partial charge in [-0.15, -0.1) is 0 Å². The van der Waals surface area contributed by atoms with Gasteiger partial charge < -0.3 is 19.3 Å². The maximum Gasteiger partial charge on any atom is 0.335 e. The van der Waals surface area contributed by atoms with Crippen LogP contribution in [-0.2, 0) is 0 Å². The van der Waals surface area contributed by atoms with E-state index in [1.54, 1.807) is 37.6 Å². The molecule has 0 bridgehead atoms. The number of nitrogens with one attached hydrogen (secondary N) is 1. The summed E-state index contributed by atoms with van der Waals surface area (Å²) >= 11 is 0. The summed E-state index contributed by atoms with van der Waals surface area (Å²) in [6.07, 6.45) is 1.55. The van der Waals surface area contributed by atoms with Gasteiger partial charge in [0, 0.05) is 5.56 Å². The summed E-state index contributed by atoms with van der Waals surface area (Å²) in [5, 5.41) is 13.1. The Morgan fingerprint density at radius 3 is 2.46 bits per heavy atom. The van der Waals surface area contributed by atoms with Crippen LogP contribution in [0.4, 0.5) is 5.69 Å². The summed E-state index contributed by atoms with van der Waals surface area (Å²) in [6, 6.07) is 9.88. The summed E-state index contributed by atoms with van der Waals surface area (Å²) in [7, 11) is 4.59. The minimum absolute atomic E-state index is 0.180. The van der Waals surface area contributed by atoms with E-state index in [9.17, 15) is 4.79 Å². The molecule has 7 heteroatoms. The maximum atomic E-state index is 11.0. The molecule has 0 aliphatic heterocycles. The Balaban J connectivity index is 2.23. The highest BCUT2D eigenvalue weighted by Crippen LogP contribution is 2.38. The predicted molar refractivity (Wildman–Crippen MR) is 90.7 cm³/mol. The maximum absolute atomic E-state index is 11.0. The smallest absolute Gasteiger partial charge is 0.335 e. The van der Waals surface area contributed by atoms with Crippen molar-refractivity contribution in [3.63, 3.8) is 0 Å². The van der Waals surface area contributed by atoms with Crippen molar-refractivity contribution in [2.75, 3.05) is 26.8 Å². The second kappa shape index (κ2) is 7.87. The molecule has 0 aliphatic carbocycles. The van der Waals surface area contributed by atoms with Gasteiger partial charge in [-0.25, -0.2) is 4.79 Å². The van der Waals surface area contributed by atoms with E-state index in [2.05, 4.69) is 10.5 Å². The molecule has 0 amide bonds. The number of hydrogen-bond acceptors (Lipinski definition) is 6. The molecule has 0 spiro atoms. The monoisotopic (exact) mass is 330 g/mol. The number of aromatic carboxylic acids is 1. The summed E-state index contributed by atoms with van der Waals surface area (Å²) in [4.78, 5) is 11.0. The molecule has 0 atom stereocenters. The number of hydrazone groups is 1. The zero-order valence-electron chi connectivity index (χ0n) is 13.6. The highest BCUT2D eigenvalue weighted by molar-refractivity contribution is 5.89. The van der Waals surface area contributed by atoms with Crippen LogP contribution in [0.2, 0.25) is 0 Å². The van der Waals surface area contributed by atoms with Crippen LogP contribution in [0.5, 0.6) is 17.2 Å². The molecular weight excluding hydrogens is 312 g/mol. The second-order valence-electron chi connectivity index (χ2n) is 4.68.